The van der Waals surface area contributed by atoms with E-state index in [0.717, 1.165) is 37.0 Å². The van der Waals surface area contributed by atoms with E-state index >= 15 is 0 Å². The number of benzene rings is 1. The average molecular weight is 416 g/mol. The smallest absolute Gasteiger partial charge is 0.315 e. The first-order valence-electron chi connectivity index (χ1n) is 10.9. The third-order valence-electron chi connectivity index (χ3n) is 6.84. The van der Waals surface area contributed by atoms with Crippen molar-refractivity contribution in [1.29, 1.82) is 0 Å². The molecule has 1 aromatic carbocycles. The van der Waals surface area contributed by atoms with Crippen LogP contribution >= 0.6 is 0 Å². The maximum Gasteiger partial charge on any atom is 0.315 e. The summed E-state index contributed by atoms with van der Waals surface area (Å²) in [6, 6.07) is 4.86. The van der Waals surface area contributed by atoms with Crippen LogP contribution in [0.2, 0.25) is 0 Å². The Labute approximate surface area is 175 Å². The van der Waals surface area contributed by atoms with Crippen molar-refractivity contribution in [1.82, 2.24) is 10.6 Å². The lowest BCUT2D eigenvalue weighted by atomic mass is 9.53. The summed E-state index contributed by atoms with van der Waals surface area (Å²) in [6.45, 7) is 1.63. The molecular formula is C23H29FN2O4. The molecule has 1 atom stereocenters. The highest BCUT2D eigenvalue weighted by atomic mass is 19.1. The molecule has 2 amide bonds. The van der Waals surface area contributed by atoms with Crippen molar-refractivity contribution >= 4 is 17.8 Å². The summed E-state index contributed by atoms with van der Waals surface area (Å²) in [4.78, 5) is 36.7. The molecule has 6 nitrogen and oxygen atoms in total. The third kappa shape index (κ3) is 4.65. The zero-order valence-electron chi connectivity index (χ0n) is 17.3. The molecule has 4 aliphatic carbocycles. The Balaban J connectivity index is 1.19. The first kappa shape index (κ1) is 20.8. The van der Waals surface area contributed by atoms with E-state index in [1.807, 2.05) is 0 Å². The fraction of sp³-hybridized carbons (Fsp3) is 0.609. The number of carbonyl (C=O) groups is 3. The van der Waals surface area contributed by atoms with Crippen LogP contribution in [-0.2, 0) is 9.53 Å². The van der Waals surface area contributed by atoms with Gasteiger partial charge < -0.3 is 15.4 Å². The van der Waals surface area contributed by atoms with Crippen LogP contribution in [0.5, 0.6) is 0 Å². The number of ether oxygens (including phenoxy) is 1. The van der Waals surface area contributed by atoms with Crippen LogP contribution in [0.3, 0.4) is 0 Å². The number of rotatable bonds is 7. The van der Waals surface area contributed by atoms with Gasteiger partial charge in [0.2, 0.25) is 5.78 Å². The molecule has 0 aliphatic heterocycles. The summed E-state index contributed by atoms with van der Waals surface area (Å²) in [5.74, 6) is 0.836. The molecule has 2 N–H and O–H groups in total. The molecule has 0 heterocycles. The van der Waals surface area contributed by atoms with E-state index in [1.165, 1.54) is 50.5 Å². The normalized spacial score (nSPS) is 29.9. The Morgan fingerprint density at radius 3 is 2.20 bits per heavy atom. The number of Topliss-reactive ketones (excluding diaryl/α,β-unsaturated/α-hetero) is 1. The zero-order chi connectivity index (χ0) is 21.3. The van der Waals surface area contributed by atoms with Crippen LogP contribution in [-0.4, -0.2) is 36.0 Å². The van der Waals surface area contributed by atoms with E-state index in [9.17, 15) is 18.8 Å². The van der Waals surface area contributed by atoms with Crippen molar-refractivity contribution in [2.45, 2.75) is 63.5 Å². The Kier molecular flexibility index (Phi) is 5.80. The van der Waals surface area contributed by atoms with Gasteiger partial charge in [0.05, 0.1) is 6.42 Å². The number of carbonyl (C=O) groups excluding carboxylic acids is 3. The van der Waals surface area contributed by atoms with Gasteiger partial charge in [-0.3, -0.25) is 9.59 Å². The molecule has 162 valence electrons. The van der Waals surface area contributed by atoms with Crippen LogP contribution in [0.15, 0.2) is 24.3 Å². The number of halogens is 1. The van der Waals surface area contributed by atoms with Crippen molar-refractivity contribution in [3.63, 3.8) is 0 Å². The second-order valence-electron chi connectivity index (χ2n) is 9.33. The van der Waals surface area contributed by atoms with Crippen LogP contribution in [0.1, 0.15) is 62.2 Å². The molecule has 0 unspecified atom stereocenters. The van der Waals surface area contributed by atoms with Gasteiger partial charge in [0, 0.05) is 17.6 Å². The van der Waals surface area contributed by atoms with Crippen LogP contribution in [0.25, 0.3) is 0 Å². The van der Waals surface area contributed by atoms with Gasteiger partial charge >= 0.3 is 12.0 Å². The van der Waals surface area contributed by atoms with Crippen molar-refractivity contribution < 1.29 is 23.5 Å². The first-order chi connectivity index (χ1) is 14.3. The van der Waals surface area contributed by atoms with Crippen LogP contribution in [0.4, 0.5) is 9.18 Å². The highest BCUT2D eigenvalue weighted by Crippen LogP contribution is 2.55. The van der Waals surface area contributed by atoms with E-state index in [2.05, 4.69) is 10.6 Å². The number of urea groups is 1. The fourth-order valence-corrected chi connectivity index (χ4v) is 5.99. The molecule has 4 saturated carbocycles. The number of amides is 2. The van der Waals surface area contributed by atoms with E-state index in [1.54, 1.807) is 0 Å². The number of esters is 1. The quantitative estimate of drug-likeness (QED) is 0.525. The zero-order valence-corrected chi connectivity index (χ0v) is 17.3. The SMILES string of the molecule is C[C@H](OC(=O)CCNC(=O)NC12CC3CC(CC(C3)C1)C2)C(=O)c1ccc(F)cc1. The lowest BCUT2D eigenvalue weighted by Gasteiger charge is -2.56. The van der Waals surface area contributed by atoms with Crippen molar-refractivity contribution in [3.05, 3.63) is 35.6 Å². The van der Waals surface area contributed by atoms with E-state index in [4.69, 9.17) is 4.74 Å². The molecule has 4 bridgehead atoms. The molecular weight excluding hydrogens is 387 g/mol. The molecule has 1 aromatic rings. The van der Waals surface area contributed by atoms with Gasteiger partial charge in [-0.05, 0) is 87.5 Å². The maximum atomic E-state index is 13.0. The Bertz CT molecular complexity index is 788. The number of hydrogen-bond donors (Lipinski definition) is 2. The molecule has 0 radical (unpaired) electrons. The second-order valence-corrected chi connectivity index (χ2v) is 9.33. The monoisotopic (exact) mass is 416 g/mol. The number of hydrogen-bond acceptors (Lipinski definition) is 4. The Hall–Kier alpha value is -2.44. The van der Waals surface area contributed by atoms with Crippen molar-refractivity contribution in [2.75, 3.05) is 6.54 Å². The van der Waals surface area contributed by atoms with Gasteiger partial charge in [0.1, 0.15) is 5.82 Å². The van der Waals surface area contributed by atoms with E-state index < -0.39 is 23.7 Å². The number of ketones is 1. The van der Waals surface area contributed by atoms with Gasteiger partial charge in [0.15, 0.2) is 6.10 Å². The largest absolute Gasteiger partial charge is 0.454 e. The lowest BCUT2D eigenvalue weighted by molar-refractivity contribution is -0.146. The Morgan fingerprint density at radius 1 is 1.07 bits per heavy atom. The number of nitrogens with one attached hydrogen (secondary N) is 2. The van der Waals surface area contributed by atoms with E-state index in [0.29, 0.717) is 0 Å². The van der Waals surface area contributed by atoms with Crippen molar-refractivity contribution in [3.8, 4) is 0 Å². The molecule has 0 aromatic heterocycles. The van der Waals surface area contributed by atoms with Gasteiger partial charge in [-0.1, -0.05) is 0 Å². The summed E-state index contributed by atoms with van der Waals surface area (Å²) in [5, 5.41) is 5.95. The lowest BCUT2D eigenvalue weighted by Crippen LogP contribution is -2.61. The summed E-state index contributed by atoms with van der Waals surface area (Å²) < 4.78 is 18.1. The molecule has 0 spiro atoms. The predicted molar refractivity (Wildman–Crippen MR) is 108 cm³/mol. The molecule has 7 heteroatoms. The molecule has 0 saturated heterocycles. The molecule has 5 rings (SSSR count). The summed E-state index contributed by atoms with van der Waals surface area (Å²) in [5.41, 5.74) is 0.208. The second kappa shape index (κ2) is 8.36. The predicted octanol–water partition coefficient (Wildman–Crippen LogP) is 3.60. The van der Waals surface area contributed by atoms with E-state index in [-0.39, 0.29) is 30.1 Å². The molecule has 30 heavy (non-hydrogen) atoms. The van der Waals surface area contributed by atoms with Gasteiger partial charge in [-0.2, -0.15) is 0 Å². The standard InChI is InChI=1S/C23H29FN2O4/c1-14(21(28)18-2-4-19(24)5-3-18)30-20(27)6-7-25-22(29)26-23-11-15-8-16(12-23)10-17(9-15)13-23/h2-5,14-17H,6-13H2,1H3,(H2,25,26,29)/t14-,15?,16?,17?,23?/m0/s1. The first-order valence-corrected chi connectivity index (χ1v) is 10.9. The summed E-state index contributed by atoms with van der Waals surface area (Å²) in [6.07, 6.45) is 6.14. The van der Waals surface area contributed by atoms with Crippen molar-refractivity contribution in [2.24, 2.45) is 17.8 Å². The van der Waals surface area contributed by atoms with Crippen LogP contribution in [0, 0.1) is 23.6 Å². The molecule has 4 aliphatic rings. The topological polar surface area (TPSA) is 84.5 Å². The minimum absolute atomic E-state index is 0.0185. The Morgan fingerprint density at radius 2 is 1.63 bits per heavy atom. The molecule has 4 fully saturated rings. The van der Waals surface area contributed by atoms with Gasteiger partial charge in [0.25, 0.3) is 0 Å². The third-order valence-corrected chi connectivity index (χ3v) is 6.84. The minimum Gasteiger partial charge on any atom is -0.454 e. The van der Waals surface area contributed by atoms with Gasteiger partial charge in [-0.15, -0.1) is 0 Å². The minimum atomic E-state index is -0.969. The van der Waals surface area contributed by atoms with Crippen LogP contribution < -0.4 is 10.6 Å². The summed E-state index contributed by atoms with van der Waals surface area (Å²) >= 11 is 0. The van der Waals surface area contributed by atoms with Gasteiger partial charge in [-0.25, -0.2) is 9.18 Å². The highest BCUT2D eigenvalue weighted by molar-refractivity contribution is 6.00. The summed E-state index contributed by atoms with van der Waals surface area (Å²) in [7, 11) is 0. The average Bonchev–Trinajstić information content (AvgIpc) is 2.66. The maximum absolute atomic E-state index is 13.0. The fourth-order valence-electron chi connectivity index (χ4n) is 5.99. The highest BCUT2D eigenvalue weighted by Gasteiger charge is 2.51.